The summed E-state index contributed by atoms with van der Waals surface area (Å²) in [6.07, 6.45) is 1.84. The molecular weight excluding hydrogens is 422 g/mol. The Morgan fingerprint density at radius 2 is 1.78 bits per heavy atom. The van der Waals surface area contributed by atoms with E-state index in [1.807, 2.05) is 32.0 Å². The van der Waals surface area contributed by atoms with Crippen molar-refractivity contribution in [2.24, 2.45) is 10.3 Å². The van der Waals surface area contributed by atoms with Gasteiger partial charge in [-0.1, -0.05) is 32.0 Å². The molecule has 0 radical (unpaired) electrons. The van der Waals surface area contributed by atoms with Crippen molar-refractivity contribution in [1.29, 1.82) is 0 Å². The van der Waals surface area contributed by atoms with Crippen molar-refractivity contribution in [1.82, 2.24) is 4.90 Å². The first-order chi connectivity index (χ1) is 15.1. The van der Waals surface area contributed by atoms with E-state index in [4.69, 9.17) is 0 Å². The van der Waals surface area contributed by atoms with E-state index in [1.165, 1.54) is 6.07 Å². The van der Waals surface area contributed by atoms with Gasteiger partial charge in [0.25, 0.3) is 15.9 Å². The third kappa shape index (κ3) is 5.64. The van der Waals surface area contributed by atoms with E-state index < -0.39 is 10.0 Å². The maximum absolute atomic E-state index is 12.9. The Morgan fingerprint density at radius 1 is 1.12 bits per heavy atom. The lowest BCUT2D eigenvalue weighted by Gasteiger charge is -2.28. The molecule has 2 aromatic rings. The molecule has 1 heterocycles. The minimum atomic E-state index is -3.80. The fourth-order valence-electron chi connectivity index (χ4n) is 4.08. The van der Waals surface area contributed by atoms with Gasteiger partial charge in [-0.05, 0) is 88.1 Å². The van der Waals surface area contributed by atoms with Crippen LogP contribution >= 0.6 is 0 Å². The molecule has 32 heavy (non-hydrogen) atoms. The van der Waals surface area contributed by atoms with Crippen LogP contribution in [0.5, 0.6) is 0 Å². The molecule has 6 nitrogen and oxygen atoms in total. The van der Waals surface area contributed by atoms with Gasteiger partial charge in [-0.25, -0.2) is 0 Å². The number of nitrogens with one attached hydrogen (secondary N) is 1. The zero-order valence-electron chi connectivity index (χ0n) is 19.6. The first-order valence-corrected chi connectivity index (χ1v) is 12.5. The average Bonchev–Trinajstić information content (AvgIpc) is 2.75. The second-order valence-electron chi connectivity index (χ2n) is 8.96. The summed E-state index contributed by atoms with van der Waals surface area (Å²) in [5, 5.41) is 2.92. The zero-order chi connectivity index (χ0) is 23.5. The van der Waals surface area contributed by atoms with Gasteiger partial charge in [-0.15, -0.1) is 0 Å². The third-order valence-corrected chi connectivity index (χ3v) is 7.52. The van der Waals surface area contributed by atoms with Crippen molar-refractivity contribution in [3.05, 3.63) is 59.2 Å². The van der Waals surface area contributed by atoms with E-state index in [2.05, 4.69) is 21.7 Å². The maximum Gasteiger partial charge on any atom is 0.282 e. The first-order valence-electron chi connectivity index (χ1n) is 11.1. The van der Waals surface area contributed by atoms with Gasteiger partial charge in [0.1, 0.15) is 0 Å². The summed E-state index contributed by atoms with van der Waals surface area (Å²) in [6.45, 7) is 9.59. The number of sulfonamides is 1. The van der Waals surface area contributed by atoms with Gasteiger partial charge in [0, 0.05) is 22.9 Å². The number of hydrogen-bond acceptors (Lipinski definition) is 4. The van der Waals surface area contributed by atoms with Crippen LogP contribution in [0.2, 0.25) is 0 Å². The van der Waals surface area contributed by atoms with Crippen LogP contribution in [0, 0.1) is 12.8 Å². The number of carbonyl (C=O) groups is 1. The number of anilines is 1. The van der Waals surface area contributed by atoms with Crippen molar-refractivity contribution in [2.75, 3.05) is 25.5 Å². The number of benzene rings is 2. The van der Waals surface area contributed by atoms with Crippen LogP contribution in [0.1, 0.15) is 61.0 Å². The van der Waals surface area contributed by atoms with E-state index in [-0.39, 0.29) is 22.6 Å². The number of piperidine rings is 1. The highest BCUT2D eigenvalue weighted by Gasteiger charge is 2.22. The molecule has 0 aliphatic carbocycles. The summed E-state index contributed by atoms with van der Waals surface area (Å²) in [4.78, 5) is 15.2. The second-order valence-corrected chi connectivity index (χ2v) is 10.6. The molecule has 0 saturated carbocycles. The molecule has 172 valence electrons. The number of likely N-dealkylation sites (tertiary alicyclic amines) is 1. The minimum Gasteiger partial charge on any atom is -0.322 e. The molecule has 1 amide bonds. The predicted octanol–water partition coefficient (Wildman–Crippen LogP) is 4.86. The van der Waals surface area contributed by atoms with Crippen molar-refractivity contribution in [2.45, 2.75) is 51.3 Å². The van der Waals surface area contributed by atoms with Crippen LogP contribution in [0.4, 0.5) is 5.69 Å². The molecule has 1 aliphatic rings. The van der Waals surface area contributed by atoms with Gasteiger partial charge in [0.05, 0.1) is 4.90 Å². The Labute approximate surface area is 191 Å². The Kier molecular flexibility index (Phi) is 7.51. The van der Waals surface area contributed by atoms with Crippen LogP contribution in [0.25, 0.3) is 0 Å². The van der Waals surface area contributed by atoms with Crippen LogP contribution in [-0.2, 0) is 10.0 Å². The smallest absolute Gasteiger partial charge is 0.282 e. The van der Waals surface area contributed by atoms with Crippen molar-refractivity contribution < 1.29 is 13.2 Å². The molecule has 0 bridgehead atoms. The monoisotopic (exact) mass is 455 g/mol. The fraction of sp³-hybridized carbons (Fsp3) is 0.440. The number of aryl methyl sites for hydroxylation is 1. The molecule has 2 aromatic carbocycles. The molecule has 0 unspecified atom stereocenters. The highest BCUT2D eigenvalue weighted by Crippen LogP contribution is 2.25. The Hall–Kier alpha value is -2.51. The standard InChI is InChI=1S/C25H33N3O3S/c1-17(2)22-8-6-7-9-23(22)25(29)26-24-11-10-21(16-18(24)3)32(30,31)27-19(4)20-12-14-28(5)15-13-20/h6-11,16-17,20H,12-15H2,1-5H3,(H,26,29). The van der Waals surface area contributed by atoms with Gasteiger partial charge in [-0.3, -0.25) is 4.79 Å². The van der Waals surface area contributed by atoms with Crippen LogP contribution in [0.15, 0.2) is 51.8 Å². The zero-order valence-corrected chi connectivity index (χ0v) is 20.4. The molecular formula is C25H33N3O3S. The topological polar surface area (TPSA) is 78.8 Å². The highest BCUT2D eigenvalue weighted by atomic mass is 32.2. The van der Waals surface area contributed by atoms with Crippen LogP contribution < -0.4 is 5.32 Å². The van der Waals surface area contributed by atoms with Crippen LogP contribution in [0.3, 0.4) is 0 Å². The quantitative estimate of drug-likeness (QED) is 0.631. The number of carbonyl (C=O) groups excluding carboxylic acids is 1. The summed E-state index contributed by atoms with van der Waals surface area (Å²) in [6, 6.07) is 12.2. The normalized spacial score (nSPS) is 16.4. The van der Waals surface area contributed by atoms with E-state index in [9.17, 15) is 13.2 Å². The van der Waals surface area contributed by atoms with Crippen molar-refractivity contribution in [3.8, 4) is 0 Å². The number of amides is 1. The minimum absolute atomic E-state index is 0.142. The summed E-state index contributed by atoms with van der Waals surface area (Å²) in [5.41, 5.74) is 3.52. The Morgan fingerprint density at radius 3 is 2.41 bits per heavy atom. The molecule has 0 spiro atoms. The van der Waals surface area contributed by atoms with Crippen LogP contribution in [-0.4, -0.2) is 45.1 Å². The van der Waals surface area contributed by atoms with Gasteiger partial charge < -0.3 is 10.2 Å². The van der Waals surface area contributed by atoms with E-state index in [0.29, 0.717) is 22.5 Å². The third-order valence-electron chi connectivity index (χ3n) is 6.14. The summed E-state index contributed by atoms with van der Waals surface area (Å²) in [7, 11) is -1.73. The van der Waals surface area contributed by atoms with Crippen molar-refractivity contribution in [3.63, 3.8) is 0 Å². The lowest BCUT2D eigenvalue weighted by molar-refractivity contribution is 0.102. The fourth-order valence-corrected chi connectivity index (χ4v) is 5.28. The Bertz CT molecular complexity index is 1120. The van der Waals surface area contributed by atoms with Gasteiger partial charge in [0.15, 0.2) is 0 Å². The predicted molar refractivity (Wildman–Crippen MR) is 130 cm³/mol. The first kappa shape index (κ1) is 24.1. The SMILES string of the molecule is CC(=NS(=O)(=O)c1ccc(NC(=O)c2ccccc2C(C)C)c(C)c1)C1CCN(C)CC1. The van der Waals surface area contributed by atoms with E-state index in [1.54, 1.807) is 32.0 Å². The summed E-state index contributed by atoms with van der Waals surface area (Å²) < 4.78 is 29.9. The maximum atomic E-state index is 12.9. The Balaban J connectivity index is 1.79. The van der Waals surface area contributed by atoms with E-state index >= 15 is 0 Å². The molecule has 1 fully saturated rings. The highest BCUT2D eigenvalue weighted by molar-refractivity contribution is 7.90. The lowest BCUT2D eigenvalue weighted by atomic mass is 9.93. The second kappa shape index (κ2) is 9.96. The van der Waals surface area contributed by atoms with E-state index in [0.717, 1.165) is 31.5 Å². The number of nitrogens with zero attached hydrogens (tertiary/aromatic N) is 2. The molecule has 0 aromatic heterocycles. The number of hydrogen-bond donors (Lipinski definition) is 1. The molecule has 3 rings (SSSR count). The average molecular weight is 456 g/mol. The molecule has 0 atom stereocenters. The largest absolute Gasteiger partial charge is 0.322 e. The van der Waals surface area contributed by atoms with Gasteiger partial charge >= 0.3 is 0 Å². The molecule has 7 heteroatoms. The molecule has 1 aliphatic heterocycles. The molecule has 1 N–H and O–H groups in total. The van der Waals surface area contributed by atoms with Crippen molar-refractivity contribution >= 4 is 27.3 Å². The van der Waals surface area contributed by atoms with Gasteiger partial charge in [0.2, 0.25) is 0 Å². The number of rotatable bonds is 6. The summed E-state index contributed by atoms with van der Waals surface area (Å²) in [5.74, 6) is 0.210. The lowest BCUT2D eigenvalue weighted by Crippen LogP contribution is -2.33. The molecule has 1 saturated heterocycles. The van der Waals surface area contributed by atoms with Gasteiger partial charge in [-0.2, -0.15) is 12.8 Å². The summed E-state index contributed by atoms with van der Waals surface area (Å²) >= 11 is 0.